The molecule has 0 atom stereocenters. The number of halogens is 2. The summed E-state index contributed by atoms with van der Waals surface area (Å²) in [4.78, 5) is 4.04. The van der Waals surface area contributed by atoms with Crippen molar-refractivity contribution in [3.63, 3.8) is 0 Å². The summed E-state index contributed by atoms with van der Waals surface area (Å²) in [5, 5.41) is 0. The summed E-state index contributed by atoms with van der Waals surface area (Å²) in [7, 11) is 0. The first-order valence-electron chi connectivity index (χ1n) is 5.15. The largest absolute Gasteiger partial charge is 0.487 e. The van der Waals surface area contributed by atoms with Crippen molar-refractivity contribution in [3.05, 3.63) is 59.4 Å². The monoisotopic (exact) mass is 235 g/mol. The van der Waals surface area contributed by atoms with E-state index < -0.39 is 11.6 Å². The molecule has 0 spiro atoms. The van der Waals surface area contributed by atoms with E-state index in [1.54, 1.807) is 25.3 Å². The van der Waals surface area contributed by atoms with Crippen LogP contribution in [0.3, 0.4) is 0 Å². The van der Waals surface area contributed by atoms with Gasteiger partial charge in [-0.05, 0) is 37.3 Å². The van der Waals surface area contributed by atoms with Crippen molar-refractivity contribution in [1.82, 2.24) is 4.98 Å². The summed E-state index contributed by atoms with van der Waals surface area (Å²) < 4.78 is 31.6. The molecule has 0 bridgehead atoms. The van der Waals surface area contributed by atoms with Crippen molar-refractivity contribution in [1.29, 1.82) is 0 Å². The molecule has 2 aromatic rings. The van der Waals surface area contributed by atoms with Gasteiger partial charge in [-0.3, -0.25) is 4.98 Å². The Hall–Kier alpha value is -1.97. The van der Waals surface area contributed by atoms with Gasteiger partial charge in [0.15, 0.2) is 0 Å². The van der Waals surface area contributed by atoms with E-state index in [0.29, 0.717) is 11.4 Å². The average molecular weight is 235 g/mol. The zero-order chi connectivity index (χ0) is 12.3. The number of hydrogen-bond acceptors (Lipinski definition) is 2. The Morgan fingerprint density at radius 2 is 2.06 bits per heavy atom. The Labute approximate surface area is 97.9 Å². The number of benzene rings is 1. The molecule has 2 nitrogen and oxygen atoms in total. The van der Waals surface area contributed by atoms with Gasteiger partial charge in [0.25, 0.3) is 0 Å². The minimum Gasteiger partial charge on any atom is -0.487 e. The van der Waals surface area contributed by atoms with E-state index in [-0.39, 0.29) is 12.2 Å². The molecule has 0 saturated heterocycles. The third-order valence-electron chi connectivity index (χ3n) is 2.35. The van der Waals surface area contributed by atoms with Crippen molar-refractivity contribution in [2.24, 2.45) is 0 Å². The Kier molecular flexibility index (Phi) is 3.32. The molecule has 0 aliphatic carbocycles. The smallest absolute Gasteiger partial charge is 0.141 e. The predicted octanol–water partition coefficient (Wildman–Crippen LogP) is 3.25. The molecule has 0 fully saturated rings. The van der Waals surface area contributed by atoms with Gasteiger partial charge < -0.3 is 4.74 Å². The summed E-state index contributed by atoms with van der Waals surface area (Å²) >= 11 is 0. The molecule has 17 heavy (non-hydrogen) atoms. The van der Waals surface area contributed by atoms with Gasteiger partial charge >= 0.3 is 0 Å². The van der Waals surface area contributed by atoms with Gasteiger partial charge in [0, 0.05) is 11.8 Å². The second kappa shape index (κ2) is 4.91. The Morgan fingerprint density at radius 3 is 2.82 bits per heavy atom. The second-order valence-corrected chi connectivity index (χ2v) is 3.61. The first-order valence-corrected chi connectivity index (χ1v) is 5.15. The minimum atomic E-state index is -0.479. The Bertz CT molecular complexity index is 529. The van der Waals surface area contributed by atoms with Gasteiger partial charge in [-0.15, -0.1) is 0 Å². The zero-order valence-electron chi connectivity index (χ0n) is 9.28. The van der Waals surface area contributed by atoms with Crippen LogP contribution in [0.1, 0.15) is 11.3 Å². The summed E-state index contributed by atoms with van der Waals surface area (Å²) in [6, 6.07) is 6.75. The fourth-order valence-corrected chi connectivity index (χ4v) is 1.43. The maximum atomic E-state index is 13.3. The molecule has 0 unspecified atom stereocenters. The standard InChI is InChI=1S/C13H11F2NO/c1-9-13(3-2-6-16-9)17-8-10-7-11(14)4-5-12(10)15/h2-7H,8H2,1H3. The van der Waals surface area contributed by atoms with Crippen molar-refractivity contribution in [2.45, 2.75) is 13.5 Å². The quantitative estimate of drug-likeness (QED) is 0.814. The molecule has 0 aliphatic rings. The van der Waals surface area contributed by atoms with Gasteiger partial charge in [0.2, 0.25) is 0 Å². The van der Waals surface area contributed by atoms with E-state index >= 15 is 0 Å². The summed E-state index contributed by atoms with van der Waals surface area (Å²) in [5.74, 6) is -0.392. The van der Waals surface area contributed by atoms with Gasteiger partial charge in [0.05, 0.1) is 5.69 Å². The summed E-state index contributed by atoms with van der Waals surface area (Å²) in [5.41, 5.74) is 0.901. The van der Waals surface area contributed by atoms with Gasteiger partial charge in [-0.25, -0.2) is 8.78 Å². The van der Waals surface area contributed by atoms with E-state index in [2.05, 4.69) is 4.98 Å². The number of nitrogens with zero attached hydrogens (tertiary/aromatic N) is 1. The number of pyridine rings is 1. The van der Waals surface area contributed by atoms with Crippen LogP contribution in [0.4, 0.5) is 8.78 Å². The molecule has 0 radical (unpaired) electrons. The van der Waals surface area contributed by atoms with E-state index in [1.165, 1.54) is 0 Å². The highest BCUT2D eigenvalue weighted by Gasteiger charge is 2.06. The molecule has 1 aromatic heterocycles. The number of ether oxygens (including phenoxy) is 1. The average Bonchev–Trinajstić information content (AvgIpc) is 2.32. The lowest BCUT2D eigenvalue weighted by molar-refractivity contribution is 0.295. The Balaban J connectivity index is 2.12. The first-order chi connectivity index (χ1) is 8.16. The molecule has 0 saturated carbocycles. The van der Waals surface area contributed by atoms with E-state index in [1.807, 2.05) is 0 Å². The highest BCUT2D eigenvalue weighted by atomic mass is 19.1. The van der Waals surface area contributed by atoms with Crippen LogP contribution in [0.2, 0.25) is 0 Å². The van der Waals surface area contributed by atoms with Crippen molar-refractivity contribution in [3.8, 4) is 5.75 Å². The normalized spacial score (nSPS) is 10.3. The first kappa shape index (κ1) is 11.5. The van der Waals surface area contributed by atoms with Crippen LogP contribution in [0.5, 0.6) is 5.75 Å². The van der Waals surface area contributed by atoms with Crippen LogP contribution in [0.15, 0.2) is 36.5 Å². The minimum absolute atomic E-state index is 0.0177. The number of hydrogen-bond donors (Lipinski definition) is 0. The van der Waals surface area contributed by atoms with E-state index in [9.17, 15) is 8.78 Å². The lowest BCUT2D eigenvalue weighted by Gasteiger charge is -2.08. The van der Waals surface area contributed by atoms with Crippen molar-refractivity contribution < 1.29 is 13.5 Å². The lowest BCUT2D eigenvalue weighted by Crippen LogP contribution is -2.01. The molecule has 1 aromatic carbocycles. The Morgan fingerprint density at radius 1 is 1.24 bits per heavy atom. The van der Waals surface area contributed by atoms with Crippen LogP contribution in [0.25, 0.3) is 0 Å². The highest BCUT2D eigenvalue weighted by molar-refractivity contribution is 5.26. The summed E-state index contributed by atoms with van der Waals surface area (Å²) in [6.45, 7) is 1.77. The molecule has 2 rings (SSSR count). The fraction of sp³-hybridized carbons (Fsp3) is 0.154. The predicted molar refractivity (Wildman–Crippen MR) is 59.7 cm³/mol. The third kappa shape index (κ3) is 2.78. The molecule has 4 heteroatoms. The third-order valence-corrected chi connectivity index (χ3v) is 2.35. The number of aromatic nitrogens is 1. The lowest BCUT2D eigenvalue weighted by atomic mass is 10.2. The van der Waals surface area contributed by atoms with Gasteiger partial charge in [-0.1, -0.05) is 0 Å². The molecule has 0 amide bonds. The molecule has 0 N–H and O–H groups in total. The van der Waals surface area contributed by atoms with Crippen molar-refractivity contribution >= 4 is 0 Å². The SMILES string of the molecule is Cc1ncccc1OCc1cc(F)ccc1F. The van der Waals surface area contributed by atoms with Crippen LogP contribution in [0, 0.1) is 18.6 Å². The fourth-order valence-electron chi connectivity index (χ4n) is 1.43. The van der Waals surface area contributed by atoms with Crippen LogP contribution in [-0.2, 0) is 6.61 Å². The molecular weight excluding hydrogens is 224 g/mol. The maximum Gasteiger partial charge on any atom is 0.141 e. The van der Waals surface area contributed by atoms with Crippen LogP contribution < -0.4 is 4.74 Å². The number of aryl methyl sites for hydroxylation is 1. The molecule has 0 aliphatic heterocycles. The molecular formula is C13H11F2NO. The zero-order valence-corrected chi connectivity index (χ0v) is 9.28. The van der Waals surface area contributed by atoms with Crippen LogP contribution >= 0.6 is 0 Å². The van der Waals surface area contributed by atoms with E-state index in [0.717, 1.165) is 18.2 Å². The van der Waals surface area contributed by atoms with Crippen molar-refractivity contribution in [2.75, 3.05) is 0 Å². The van der Waals surface area contributed by atoms with E-state index in [4.69, 9.17) is 4.74 Å². The van der Waals surface area contributed by atoms with Gasteiger partial charge in [0.1, 0.15) is 24.0 Å². The van der Waals surface area contributed by atoms with Crippen LogP contribution in [-0.4, -0.2) is 4.98 Å². The highest BCUT2D eigenvalue weighted by Crippen LogP contribution is 2.17. The maximum absolute atomic E-state index is 13.3. The molecule has 1 heterocycles. The van der Waals surface area contributed by atoms with Gasteiger partial charge in [-0.2, -0.15) is 0 Å². The summed E-state index contributed by atoms with van der Waals surface area (Å²) in [6.07, 6.45) is 1.64. The molecule has 88 valence electrons. The number of rotatable bonds is 3. The second-order valence-electron chi connectivity index (χ2n) is 3.61. The topological polar surface area (TPSA) is 22.1 Å².